The van der Waals surface area contributed by atoms with Gasteiger partial charge < -0.3 is 14.7 Å². The van der Waals surface area contributed by atoms with Crippen LogP contribution in [0, 0.1) is 5.92 Å². The van der Waals surface area contributed by atoms with Crippen LogP contribution >= 0.6 is 0 Å². The van der Waals surface area contributed by atoms with Gasteiger partial charge in [-0.05, 0) is 18.8 Å². The maximum absolute atomic E-state index is 11.9. The second-order valence-corrected chi connectivity index (χ2v) is 7.03. The summed E-state index contributed by atoms with van der Waals surface area (Å²) in [5.41, 5.74) is 0. The lowest BCUT2D eigenvalue weighted by atomic mass is 9.97. The molecule has 0 aliphatic carbocycles. The summed E-state index contributed by atoms with van der Waals surface area (Å²) in [7, 11) is 1.84. The molecule has 9 heteroatoms. The molecule has 26 heavy (non-hydrogen) atoms. The molecule has 4 rings (SSSR count). The van der Waals surface area contributed by atoms with Crippen LogP contribution in [-0.2, 0) is 11.3 Å². The molecule has 0 bridgehead atoms. The highest BCUT2D eigenvalue weighted by Gasteiger charge is 2.24. The topological polar surface area (TPSA) is 83.3 Å². The number of carbonyl (C=O) groups is 1. The summed E-state index contributed by atoms with van der Waals surface area (Å²) in [6.07, 6.45) is 7.45. The van der Waals surface area contributed by atoms with Crippen molar-refractivity contribution in [1.29, 1.82) is 0 Å². The molecule has 2 aromatic rings. The fourth-order valence-corrected chi connectivity index (χ4v) is 3.58. The van der Waals surface area contributed by atoms with Crippen LogP contribution in [0.25, 0.3) is 0 Å². The molecular weight excluding hydrogens is 332 g/mol. The Kier molecular flexibility index (Phi) is 4.68. The Balaban J connectivity index is 1.37. The molecule has 4 heterocycles. The number of piperazine rings is 1. The van der Waals surface area contributed by atoms with E-state index < -0.39 is 0 Å². The molecule has 9 nitrogen and oxygen atoms in total. The molecule has 2 saturated heterocycles. The Morgan fingerprint density at radius 3 is 2.54 bits per heavy atom. The van der Waals surface area contributed by atoms with E-state index in [9.17, 15) is 4.79 Å². The lowest BCUT2D eigenvalue weighted by molar-refractivity contribution is -0.129. The zero-order chi connectivity index (χ0) is 17.9. The Labute approximate surface area is 152 Å². The molecule has 2 aliphatic rings. The Hall–Kier alpha value is -2.71. The summed E-state index contributed by atoms with van der Waals surface area (Å²) >= 11 is 0. The number of amides is 1. The summed E-state index contributed by atoms with van der Waals surface area (Å²) in [4.78, 5) is 26.9. The SMILES string of the molecule is CN1CCN(c2cc(N3CCC(Cn4ccnn4)CC3)ncn2)CC1=O. The maximum Gasteiger partial charge on any atom is 0.241 e. The summed E-state index contributed by atoms with van der Waals surface area (Å²) in [5.74, 6) is 2.52. The van der Waals surface area contributed by atoms with Gasteiger partial charge in [0.1, 0.15) is 18.0 Å². The van der Waals surface area contributed by atoms with Gasteiger partial charge in [0.2, 0.25) is 5.91 Å². The molecule has 0 unspecified atom stereocenters. The fourth-order valence-electron chi connectivity index (χ4n) is 3.58. The highest BCUT2D eigenvalue weighted by molar-refractivity contribution is 5.82. The van der Waals surface area contributed by atoms with E-state index in [4.69, 9.17) is 0 Å². The number of hydrogen-bond acceptors (Lipinski definition) is 7. The lowest BCUT2D eigenvalue weighted by Gasteiger charge is -2.34. The number of rotatable bonds is 4. The van der Waals surface area contributed by atoms with E-state index in [2.05, 4.69) is 25.2 Å². The molecular formula is C17H24N8O. The zero-order valence-corrected chi connectivity index (χ0v) is 15.0. The first-order valence-corrected chi connectivity index (χ1v) is 9.09. The number of carbonyl (C=O) groups excluding carboxylic acids is 1. The summed E-state index contributed by atoms with van der Waals surface area (Å²) in [5, 5.41) is 7.93. The highest BCUT2D eigenvalue weighted by Crippen LogP contribution is 2.25. The van der Waals surface area contributed by atoms with Crippen molar-refractivity contribution in [2.24, 2.45) is 5.92 Å². The van der Waals surface area contributed by atoms with E-state index in [1.54, 1.807) is 17.4 Å². The van der Waals surface area contributed by atoms with Crippen LogP contribution in [0.15, 0.2) is 24.8 Å². The Bertz CT molecular complexity index is 741. The van der Waals surface area contributed by atoms with E-state index in [-0.39, 0.29) is 5.91 Å². The van der Waals surface area contributed by atoms with Gasteiger partial charge in [-0.2, -0.15) is 0 Å². The first kappa shape index (κ1) is 16.7. The summed E-state index contributed by atoms with van der Waals surface area (Å²) < 4.78 is 1.91. The molecule has 2 aliphatic heterocycles. The quantitative estimate of drug-likeness (QED) is 0.777. The first-order valence-electron chi connectivity index (χ1n) is 9.09. The van der Waals surface area contributed by atoms with Crippen molar-refractivity contribution >= 4 is 17.5 Å². The monoisotopic (exact) mass is 356 g/mol. The van der Waals surface area contributed by atoms with Gasteiger partial charge in [0.25, 0.3) is 0 Å². The largest absolute Gasteiger partial charge is 0.356 e. The van der Waals surface area contributed by atoms with E-state index in [1.165, 1.54) is 0 Å². The lowest BCUT2D eigenvalue weighted by Crippen LogP contribution is -2.48. The van der Waals surface area contributed by atoms with Crippen molar-refractivity contribution in [3.05, 3.63) is 24.8 Å². The van der Waals surface area contributed by atoms with Crippen molar-refractivity contribution in [1.82, 2.24) is 29.9 Å². The molecule has 0 spiro atoms. The van der Waals surface area contributed by atoms with Crippen molar-refractivity contribution in [2.75, 3.05) is 49.6 Å². The number of likely N-dealkylation sites (N-methyl/N-ethyl adjacent to an activating group) is 1. The molecule has 2 aromatic heterocycles. The average molecular weight is 356 g/mol. The van der Waals surface area contributed by atoms with Gasteiger partial charge in [-0.15, -0.1) is 5.10 Å². The first-order chi connectivity index (χ1) is 12.7. The minimum Gasteiger partial charge on any atom is -0.356 e. The van der Waals surface area contributed by atoms with Gasteiger partial charge in [0.05, 0.1) is 12.7 Å². The molecule has 0 aromatic carbocycles. The van der Waals surface area contributed by atoms with Gasteiger partial charge in [-0.3, -0.25) is 9.48 Å². The van der Waals surface area contributed by atoms with Gasteiger partial charge in [0.15, 0.2) is 0 Å². The molecule has 0 N–H and O–H groups in total. The van der Waals surface area contributed by atoms with Crippen molar-refractivity contribution in [3.8, 4) is 0 Å². The summed E-state index contributed by atoms with van der Waals surface area (Å²) in [6.45, 7) is 4.78. The molecule has 0 atom stereocenters. The number of anilines is 2. The van der Waals surface area contributed by atoms with Crippen molar-refractivity contribution in [3.63, 3.8) is 0 Å². The average Bonchev–Trinajstić information content (AvgIpc) is 3.18. The second-order valence-electron chi connectivity index (χ2n) is 7.03. The van der Waals surface area contributed by atoms with E-state index in [0.29, 0.717) is 12.5 Å². The van der Waals surface area contributed by atoms with Crippen LogP contribution in [0.1, 0.15) is 12.8 Å². The van der Waals surface area contributed by atoms with Crippen LogP contribution in [0.3, 0.4) is 0 Å². The van der Waals surface area contributed by atoms with Crippen LogP contribution < -0.4 is 9.80 Å². The molecule has 138 valence electrons. The number of nitrogens with zero attached hydrogens (tertiary/aromatic N) is 8. The third-order valence-electron chi connectivity index (χ3n) is 5.28. The Morgan fingerprint density at radius 1 is 1.08 bits per heavy atom. The maximum atomic E-state index is 11.9. The van der Waals surface area contributed by atoms with Gasteiger partial charge in [-0.25, -0.2) is 9.97 Å². The van der Waals surface area contributed by atoms with Gasteiger partial charge in [-0.1, -0.05) is 5.21 Å². The third kappa shape index (κ3) is 3.61. The van der Waals surface area contributed by atoms with E-state index in [1.807, 2.05) is 28.9 Å². The Morgan fingerprint density at radius 2 is 1.85 bits per heavy atom. The van der Waals surface area contributed by atoms with Crippen LogP contribution in [0.4, 0.5) is 11.6 Å². The zero-order valence-electron chi connectivity index (χ0n) is 15.0. The molecule has 0 saturated carbocycles. The van der Waals surface area contributed by atoms with Gasteiger partial charge >= 0.3 is 0 Å². The number of piperidine rings is 1. The van der Waals surface area contributed by atoms with Crippen LogP contribution in [0.5, 0.6) is 0 Å². The third-order valence-corrected chi connectivity index (χ3v) is 5.28. The predicted molar refractivity (Wildman–Crippen MR) is 96.8 cm³/mol. The predicted octanol–water partition coefficient (Wildman–Crippen LogP) is 0.263. The van der Waals surface area contributed by atoms with Crippen molar-refractivity contribution < 1.29 is 4.79 Å². The van der Waals surface area contributed by atoms with Gasteiger partial charge in [0, 0.05) is 52.0 Å². The second kappa shape index (κ2) is 7.27. The van der Waals surface area contributed by atoms with E-state index >= 15 is 0 Å². The van der Waals surface area contributed by atoms with Crippen molar-refractivity contribution in [2.45, 2.75) is 19.4 Å². The number of aromatic nitrogens is 5. The van der Waals surface area contributed by atoms with E-state index in [0.717, 1.165) is 57.2 Å². The number of hydrogen-bond donors (Lipinski definition) is 0. The van der Waals surface area contributed by atoms with Crippen LogP contribution in [0.2, 0.25) is 0 Å². The highest BCUT2D eigenvalue weighted by atomic mass is 16.2. The minimum atomic E-state index is 0.130. The summed E-state index contributed by atoms with van der Waals surface area (Å²) in [6, 6.07) is 2.01. The molecule has 2 fully saturated rings. The minimum absolute atomic E-state index is 0.130. The smallest absolute Gasteiger partial charge is 0.241 e. The normalized spacial score (nSPS) is 19.3. The fraction of sp³-hybridized carbons (Fsp3) is 0.588. The molecule has 0 radical (unpaired) electrons. The van der Waals surface area contributed by atoms with Crippen LogP contribution in [-0.4, -0.2) is 75.5 Å². The molecule has 1 amide bonds. The standard InChI is InChI=1S/C17H24N8O/c1-22-8-9-24(12-17(22)26)16-10-15(18-13-19-16)23-5-2-14(3-6-23)11-25-7-4-20-21-25/h4,7,10,13-14H,2-3,5-6,8-9,11-12H2,1H3.